The summed E-state index contributed by atoms with van der Waals surface area (Å²) in [5, 5.41) is 4.28. The number of rotatable bonds is 2. The van der Waals surface area contributed by atoms with Gasteiger partial charge in [-0.05, 0) is 44.0 Å². The molecule has 1 aromatic carbocycles. The van der Waals surface area contributed by atoms with Crippen LogP contribution in [-0.4, -0.2) is 21.5 Å². The fraction of sp³-hybridized carbons (Fsp3) is 0.312. The standard InChI is InChI=1S/C16H17N3O2/c1-9-5-10(2)14-13(6-9)15(20)16(21)19(14)8-12-7-11(3)17-18(12)4/h5-7H,8H2,1-4H3. The molecule has 0 bridgehead atoms. The second-order valence-corrected chi connectivity index (χ2v) is 5.60. The van der Waals surface area contributed by atoms with E-state index in [1.165, 1.54) is 0 Å². The van der Waals surface area contributed by atoms with E-state index in [1.807, 2.05) is 40.0 Å². The molecule has 0 N–H and O–H groups in total. The number of fused-ring (bicyclic) bond motifs is 1. The number of carbonyl (C=O) groups excluding carboxylic acids is 2. The van der Waals surface area contributed by atoms with E-state index in [1.54, 1.807) is 15.6 Å². The van der Waals surface area contributed by atoms with Gasteiger partial charge in [0.05, 0.1) is 29.2 Å². The lowest BCUT2D eigenvalue weighted by Crippen LogP contribution is -2.30. The number of aromatic nitrogens is 2. The van der Waals surface area contributed by atoms with Crippen LogP contribution in [0.15, 0.2) is 18.2 Å². The lowest BCUT2D eigenvalue weighted by atomic mass is 10.0. The summed E-state index contributed by atoms with van der Waals surface area (Å²) < 4.78 is 1.74. The Hall–Kier alpha value is -2.43. The first-order valence-electron chi connectivity index (χ1n) is 6.85. The highest BCUT2D eigenvalue weighted by Crippen LogP contribution is 2.34. The van der Waals surface area contributed by atoms with E-state index < -0.39 is 11.7 Å². The molecular weight excluding hydrogens is 266 g/mol. The van der Waals surface area contributed by atoms with Gasteiger partial charge in [-0.15, -0.1) is 0 Å². The van der Waals surface area contributed by atoms with Crippen molar-refractivity contribution in [2.24, 2.45) is 7.05 Å². The first-order chi connectivity index (χ1) is 9.88. The van der Waals surface area contributed by atoms with Crippen molar-refractivity contribution in [2.45, 2.75) is 27.3 Å². The van der Waals surface area contributed by atoms with Crippen molar-refractivity contribution in [3.8, 4) is 0 Å². The first-order valence-corrected chi connectivity index (χ1v) is 6.85. The molecule has 1 aliphatic rings. The quantitative estimate of drug-likeness (QED) is 0.793. The first kappa shape index (κ1) is 13.5. The number of anilines is 1. The van der Waals surface area contributed by atoms with Crippen molar-refractivity contribution < 1.29 is 9.59 Å². The summed E-state index contributed by atoms with van der Waals surface area (Å²) in [5.41, 5.74) is 4.98. The highest BCUT2D eigenvalue weighted by atomic mass is 16.2. The molecule has 0 aliphatic carbocycles. The van der Waals surface area contributed by atoms with Crippen molar-refractivity contribution in [1.29, 1.82) is 0 Å². The van der Waals surface area contributed by atoms with Gasteiger partial charge >= 0.3 is 0 Å². The average Bonchev–Trinajstić information content (AvgIpc) is 2.83. The Morgan fingerprint density at radius 3 is 2.43 bits per heavy atom. The zero-order chi connectivity index (χ0) is 15.3. The number of hydrogen-bond acceptors (Lipinski definition) is 3. The summed E-state index contributed by atoms with van der Waals surface area (Å²) in [4.78, 5) is 26.0. The summed E-state index contributed by atoms with van der Waals surface area (Å²) >= 11 is 0. The van der Waals surface area contributed by atoms with Crippen LogP contribution in [0.4, 0.5) is 5.69 Å². The number of ketones is 1. The number of carbonyl (C=O) groups is 2. The molecule has 1 aromatic heterocycles. The maximum atomic E-state index is 12.3. The molecule has 2 aromatic rings. The fourth-order valence-corrected chi connectivity index (χ4v) is 2.96. The summed E-state index contributed by atoms with van der Waals surface area (Å²) in [6, 6.07) is 5.71. The molecular formula is C16H17N3O2. The van der Waals surface area contributed by atoms with Gasteiger partial charge in [0.25, 0.3) is 11.7 Å². The monoisotopic (exact) mass is 283 g/mol. The highest BCUT2D eigenvalue weighted by Gasteiger charge is 2.37. The number of benzene rings is 1. The van der Waals surface area contributed by atoms with Gasteiger partial charge < -0.3 is 0 Å². The van der Waals surface area contributed by atoms with Gasteiger partial charge in [0, 0.05) is 7.05 Å². The second-order valence-electron chi connectivity index (χ2n) is 5.60. The van der Waals surface area contributed by atoms with Gasteiger partial charge in [-0.2, -0.15) is 5.10 Å². The van der Waals surface area contributed by atoms with Crippen LogP contribution in [0.1, 0.15) is 32.9 Å². The normalized spacial score (nSPS) is 14.0. The lowest BCUT2D eigenvalue weighted by molar-refractivity contribution is -0.114. The van der Waals surface area contributed by atoms with E-state index in [2.05, 4.69) is 5.10 Å². The number of hydrogen-bond donors (Lipinski definition) is 0. The van der Waals surface area contributed by atoms with Gasteiger partial charge in [-0.1, -0.05) is 6.07 Å². The third kappa shape index (κ3) is 2.05. The molecule has 0 atom stereocenters. The van der Waals surface area contributed by atoms with E-state index in [4.69, 9.17) is 0 Å². The Morgan fingerprint density at radius 1 is 1.10 bits per heavy atom. The number of nitrogens with zero attached hydrogens (tertiary/aromatic N) is 3. The molecule has 2 heterocycles. The van der Waals surface area contributed by atoms with Crippen LogP contribution in [0.25, 0.3) is 0 Å². The van der Waals surface area contributed by atoms with Crippen molar-refractivity contribution in [2.75, 3.05) is 4.90 Å². The Morgan fingerprint density at radius 2 is 1.81 bits per heavy atom. The fourth-order valence-electron chi connectivity index (χ4n) is 2.96. The van der Waals surface area contributed by atoms with E-state index in [0.717, 1.165) is 28.2 Å². The zero-order valence-electron chi connectivity index (χ0n) is 12.6. The van der Waals surface area contributed by atoms with Crippen LogP contribution in [0.5, 0.6) is 0 Å². The number of amides is 1. The van der Waals surface area contributed by atoms with E-state index in [0.29, 0.717) is 12.1 Å². The Kier molecular flexibility index (Phi) is 2.93. The van der Waals surface area contributed by atoms with Gasteiger partial charge in [-0.25, -0.2) is 0 Å². The molecule has 0 saturated heterocycles. The molecule has 0 spiro atoms. The topological polar surface area (TPSA) is 55.2 Å². The summed E-state index contributed by atoms with van der Waals surface area (Å²) in [7, 11) is 1.84. The maximum Gasteiger partial charge on any atom is 0.299 e. The Bertz CT molecular complexity index is 774. The van der Waals surface area contributed by atoms with Crippen LogP contribution < -0.4 is 4.90 Å². The molecule has 5 nitrogen and oxygen atoms in total. The molecule has 1 amide bonds. The minimum atomic E-state index is -0.461. The molecule has 5 heteroatoms. The largest absolute Gasteiger partial charge is 0.299 e. The molecule has 1 aliphatic heterocycles. The molecule has 0 unspecified atom stereocenters. The average molecular weight is 283 g/mol. The molecule has 0 fully saturated rings. The summed E-state index contributed by atoms with van der Waals surface area (Å²) in [5.74, 6) is -0.881. The minimum Gasteiger partial charge on any atom is -0.299 e. The third-order valence-electron chi connectivity index (χ3n) is 3.82. The number of Topliss-reactive ketones (excluding diaryl/α,β-unsaturated/α-hetero) is 1. The number of aryl methyl sites for hydroxylation is 4. The van der Waals surface area contributed by atoms with Crippen LogP contribution in [-0.2, 0) is 18.4 Å². The predicted molar refractivity (Wildman–Crippen MR) is 79.4 cm³/mol. The smallest absolute Gasteiger partial charge is 0.299 e. The van der Waals surface area contributed by atoms with E-state index in [-0.39, 0.29) is 0 Å². The van der Waals surface area contributed by atoms with Crippen LogP contribution >= 0.6 is 0 Å². The maximum absolute atomic E-state index is 12.3. The van der Waals surface area contributed by atoms with Crippen molar-refractivity contribution in [1.82, 2.24) is 9.78 Å². The van der Waals surface area contributed by atoms with Gasteiger partial charge in [0.1, 0.15) is 0 Å². The predicted octanol–water partition coefficient (Wildman–Crippen LogP) is 2.07. The molecule has 0 saturated carbocycles. The summed E-state index contributed by atoms with van der Waals surface area (Å²) in [6.07, 6.45) is 0. The van der Waals surface area contributed by atoms with Crippen LogP contribution in [0, 0.1) is 20.8 Å². The van der Waals surface area contributed by atoms with Crippen molar-refractivity contribution in [3.63, 3.8) is 0 Å². The third-order valence-corrected chi connectivity index (χ3v) is 3.82. The SMILES string of the molecule is Cc1cc(C)c2c(c1)C(=O)C(=O)N2Cc1cc(C)nn1C. The Balaban J connectivity index is 2.07. The van der Waals surface area contributed by atoms with Crippen molar-refractivity contribution in [3.05, 3.63) is 46.3 Å². The zero-order valence-corrected chi connectivity index (χ0v) is 12.6. The highest BCUT2D eigenvalue weighted by molar-refractivity contribution is 6.52. The summed E-state index contributed by atoms with van der Waals surface area (Å²) in [6.45, 7) is 6.12. The molecule has 0 radical (unpaired) electrons. The molecule has 3 rings (SSSR count). The molecule has 21 heavy (non-hydrogen) atoms. The lowest BCUT2D eigenvalue weighted by Gasteiger charge is -2.18. The Labute approximate surface area is 123 Å². The van der Waals surface area contributed by atoms with Crippen LogP contribution in [0.2, 0.25) is 0 Å². The van der Waals surface area contributed by atoms with E-state index in [9.17, 15) is 9.59 Å². The van der Waals surface area contributed by atoms with E-state index >= 15 is 0 Å². The van der Waals surface area contributed by atoms with Gasteiger partial charge in [0.2, 0.25) is 0 Å². The molecule has 108 valence electrons. The van der Waals surface area contributed by atoms with Crippen molar-refractivity contribution >= 4 is 17.4 Å². The van der Waals surface area contributed by atoms with Gasteiger partial charge in [0.15, 0.2) is 0 Å². The minimum absolute atomic E-state index is 0.360. The van der Waals surface area contributed by atoms with Crippen LogP contribution in [0.3, 0.4) is 0 Å². The second kappa shape index (κ2) is 4.55. The van der Waals surface area contributed by atoms with Gasteiger partial charge in [-0.3, -0.25) is 19.2 Å².